The predicted molar refractivity (Wildman–Crippen MR) is 132 cm³/mol. The van der Waals surface area contributed by atoms with Gasteiger partial charge in [0.05, 0.1) is 21.8 Å². The van der Waals surface area contributed by atoms with Crippen LogP contribution in [-0.4, -0.2) is 37.2 Å². The molecule has 0 aliphatic carbocycles. The largest absolute Gasteiger partial charge is 0.478 e. The van der Waals surface area contributed by atoms with E-state index < -0.39 is 16.0 Å². The third-order valence-corrected chi connectivity index (χ3v) is 8.34. The lowest BCUT2D eigenvalue weighted by Crippen LogP contribution is -2.47. The highest BCUT2D eigenvalue weighted by Crippen LogP contribution is 2.39. The lowest BCUT2D eigenvalue weighted by molar-refractivity contribution is 0.0697. The van der Waals surface area contributed by atoms with Gasteiger partial charge in [0, 0.05) is 41.8 Å². The van der Waals surface area contributed by atoms with Crippen LogP contribution in [0.1, 0.15) is 28.4 Å². The first-order valence-electron chi connectivity index (χ1n) is 10.8. The number of fused-ring (bicyclic) bond motifs is 4. The zero-order valence-electron chi connectivity index (χ0n) is 18.0. The van der Waals surface area contributed by atoms with Crippen molar-refractivity contribution in [3.05, 3.63) is 86.7 Å². The number of nitrogens with zero attached hydrogens (tertiary/aromatic N) is 2. The number of carboxylic acid groups (broad SMARTS) is 1. The first kappa shape index (κ1) is 22.7. The summed E-state index contributed by atoms with van der Waals surface area (Å²) in [7, 11) is -3.94. The molecule has 3 aromatic rings. The SMILES string of the molecule is O=C(O)c1ccc(N2CC3CC(C2)c2cccc(=O)n2C3)c(NS(=O)(=O)c2ccc(Br)cc2)c1. The predicted octanol–water partition coefficient (Wildman–Crippen LogP) is 3.73. The molecule has 1 fully saturated rings. The number of piperidine rings is 1. The average molecular weight is 544 g/mol. The van der Waals surface area contributed by atoms with E-state index in [4.69, 9.17) is 0 Å². The van der Waals surface area contributed by atoms with E-state index in [-0.39, 0.29) is 33.5 Å². The van der Waals surface area contributed by atoms with Crippen LogP contribution in [0.25, 0.3) is 0 Å². The molecule has 0 amide bonds. The van der Waals surface area contributed by atoms with Crippen LogP contribution in [0.3, 0.4) is 0 Å². The van der Waals surface area contributed by atoms with Crippen molar-refractivity contribution >= 4 is 43.3 Å². The number of rotatable bonds is 5. The number of benzene rings is 2. The van der Waals surface area contributed by atoms with Crippen LogP contribution in [0, 0.1) is 5.92 Å². The van der Waals surface area contributed by atoms with E-state index in [1.165, 1.54) is 24.3 Å². The zero-order chi connectivity index (χ0) is 24.0. The third-order valence-electron chi connectivity index (χ3n) is 6.43. The van der Waals surface area contributed by atoms with E-state index in [2.05, 4.69) is 25.6 Å². The van der Waals surface area contributed by atoms with E-state index >= 15 is 0 Å². The van der Waals surface area contributed by atoms with Gasteiger partial charge in [-0.05, 0) is 60.9 Å². The Morgan fingerprint density at radius 1 is 1.03 bits per heavy atom. The topological polar surface area (TPSA) is 109 Å². The molecule has 3 heterocycles. The summed E-state index contributed by atoms with van der Waals surface area (Å²) in [5, 5.41) is 9.49. The number of aromatic carboxylic acids is 1. The van der Waals surface area contributed by atoms with E-state index in [0.717, 1.165) is 16.6 Å². The maximum Gasteiger partial charge on any atom is 0.335 e. The van der Waals surface area contributed by atoms with Crippen molar-refractivity contribution in [1.82, 2.24) is 4.57 Å². The summed E-state index contributed by atoms with van der Waals surface area (Å²) in [6.45, 7) is 1.84. The highest BCUT2D eigenvalue weighted by atomic mass is 79.9. The van der Waals surface area contributed by atoms with Crippen molar-refractivity contribution in [2.24, 2.45) is 5.92 Å². The number of halogens is 1. The molecule has 0 saturated carbocycles. The number of aromatic nitrogens is 1. The highest BCUT2D eigenvalue weighted by Gasteiger charge is 2.35. The minimum atomic E-state index is -3.94. The minimum Gasteiger partial charge on any atom is -0.478 e. The number of carbonyl (C=O) groups is 1. The summed E-state index contributed by atoms with van der Waals surface area (Å²) in [5.74, 6) is -0.794. The van der Waals surface area contributed by atoms with Crippen LogP contribution in [0.15, 0.2) is 74.8 Å². The van der Waals surface area contributed by atoms with Crippen LogP contribution in [0.2, 0.25) is 0 Å². The van der Waals surface area contributed by atoms with Gasteiger partial charge >= 0.3 is 5.97 Å². The van der Waals surface area contributed by atoms with Gasteiger partial charge in [-0.3, -0.25) is 9.52 Å². The summed E-state index contributed by atoms with van der Waals surface area (Å²) >= 11 is 3.30. The maximum atomic E-state index is 13.1. The average Bonchev–Trinajstić information content (AvgIpc) is 2.79. The van der Waals surface area contributed by atoms with Crippen LogP contribution >= 0.6 is 15.9 Å². The number of anilines is 2. The van der Waals surface area contributed by atoms with Gasteiger partial charge in [-0.15, -0.1) is 0 Å². The van der Waals surface area contributed by atoms with E-state index in [1.54, 1.807) is 30.3 Å². The molecular formula is C24H22BrN3O5S. The maximum absolute atomic E-state index is 13.1. The summed E-state index contributed by atoms with van der Waals surface area (Å²) in [4.78, 5) is 26.1. The van der Waals surface area contributed by atoms with Crippen LogP contribution in [0.4, 0.5) is 11.4 Å². The summed E-state index contributed by atoms with van der Waals surface area (Å²) in [6, 6.07) is 16.0. The molecule has 2 bridgehead atoms. The third kappa shape index (κ3) is 4.23. The van der Waals surface area contributed by atoms with Gasteiger partial charge in [-0.25, -0.2) is 13.2 Å². The van der Waals surface area contributed by atoms with E-state index in [9.17, 15) is 23.1 Å². The van der Waals surface area contributed by atoms with Gasteiger partial charge in [0.15, 0.2) is 0 Å². The standard InChI is InChI=1S/C24H22BrN3O5S/c25-18-5-7-19(8-6-18)34(32,33)26-20-11-16(24(30)31)4-9-22(20)27-12-15-10-17(14-27)21-2-1-3-23(29)28(21)13-15/h1-9,11,15,17,26H,10,12-14H2,(H,30,31). The molecule has 8 nitrogen and oxygen atoms in total. The number of hydrogen-bond acceptors (Lipinski definition) is 5. The van der Waals surface area contributed by atoms with Gasteiger partial charge in [-0.1, -0.05) is 22.0 Å². The summed E-state index contributed by atoms with van der Waals surface area (Å²) < 4.78 is 31.4. The molecule has 5 rings (SSSR count). The fourth-order valence-electron chi connectivity index (χ4n) is 4.94. The van der Waals surface area contributed by atoms with Gasteiger partial charge < -0.3 is 14.6 Å². The second kappa shape index (κ2) is 8.59. The van der Waals surface area contributed by atoms with Gasteiger partial charge in [-0.2, -0.15) is 0 Å². The molecule has 2 aliphatic heterocycles. The normalized spacial score (nSPS) is 19.4. The van der Waals surface area contributed by atoms with Crippen molar-refractivity contribution in [3.8, 4) is 0 Å². The van der Waals surface area contributed by atoms with Crippen molar-refractivity contribution in [1.29, 1.82) is 0 Å². The van der Waals surface area contributed by atoms with E-state index in [0.29, 0.717) is 25.3 Å². The van der Waals surface area contributed by atoms with Gasteiger partial charge in [0.2, 0.25) is 0 Å². The number of sulfonamides is 1. The highest BCUT2D eigenvalue weighted by molar-refractivity contribution is 9.10. The number of pyridine rings is 1. The fraction of sp³-hybridized carbons (Fsp3) is 0.250. The second-order valence-electron chi connectivity index (χ2n) is 8.70. The Morgan fingerprint density at radius 2 is 1.79 bits per heavy atom. The Labute approximate surface area is 205 Å². The number of hydrogen-bond donors (Lipinski definition) is 2. The molecule has 2 aromatic carbocycles. The Balaban J connectivity index is 1.52. The quantitative estimate of drug-likeness (QED) is 0.507. The van der Waals surface area contributed by atoms with Gasteiger partial charge in [0.1, 0.15) is 0 Å². The second-order valence-corrected chi connectivity index (χ2v) is 11.3. The number of carboxylic acids is 1. The fourth-order valence-corrected chi connectivity index (χ4v) is 6.27. The summed E-state index contributed by atoms with van der Waals surface area (Å²) in [6.07, 6.45) is 0.952. The van der Waals surface area contributed by atoms with Gasteiger partial charge in [0.25, 0.3) is 15.6 Å². The molecular weight excluding hydrogens is 522 g/mol. The Hall–Kier alpha value is -3.11. The number of nitrogens with one attached hydrogen (secondary N) is 1. The van der Waals surface area contributed by atoms with E-state index in [1.807, 2.05) is 10.6 Å². The van der Waals surface area contributed by atoms with Crippen LogP contribution in [0.5, 0.6) is 0 Å². The first-order valence-corrected chi connectivity index (χ1v) is 13.1. The van der Waals surface area contributed by atoms with Crippen LogP contribution in [-0.2, 0) is 16.6 Å². The monoisotopic (exact) mass is 543 g/mol. The molecule has 2 aliphatic rings. The Morgan fingerprint density at radius 3 is 2.53 bits per heavy atom. The molecule has 0 radical (unpaired) electrons. The molecule has 1 saturated heterocycles. The molecule has 2 N–H and O–H groups in total. The smallest absolute Gasteiger partial charge is 0.335 e. The van der Waals surface area contributed by atoms with Crippen LogP contribution < -0.4 is 15.2 Å². The van der Waals surface area contributed by atoms with Crippen molar-refractivity contribution < 1.29 is 18.3 Å². The molecule has 2 unspecified atom stereocenters. The molecule has 0 spiro atoms. The lowest BCUT2D eigenvalue weighted by atomic mass is 9.83. The zero-order valence-corrected chi connectivity index (χ0v) is 20.4. The minimum absolute atomic E-state index is 0.00518. The Bertz CT molecular complexity index is 1440. The Kier molecular flexibility index (Phi) is 5.73. The summed E-state index contributed by atoms with van der Waals surface area (Å²) in [5.41, 5.74) is 1.80. The van der Waals surface area contributed by atoms with Crippen molar-refractivity contribution in [2.45, 2.75) is 23.8 Å². The molecule has 176 valence electrons. The molecule has 2 atom stereocenters. The van der Waals surface area contributed by atoms with Crippen molar-refractivity contribution in [2.75, 3.05) is 22.7 Å². The lowest BCUT2D eigenvalue weighted by Gasteiger charge is -2.44. The molecule has 34 heavy (non-hydrogen) atoms. The van der Waals surface area contributed by atoms with Crippen molar-refractivity contribution in [3.63, 3.8) is 0 Å². The first-order chi connectivity index (χ1) is 16.2. The molecule has 10 heteroatoms. The molecule has 1 aromatic heterocycles.